The lowest BCUT2D eigenvalue weighted by molar-refractivity contribution is -0.121. The topological polar surface area (TPSA) is 94.7 Å². The van der Waals surface area contributed by atoms with Gasteiger partial charge in [-0.1, -0.05) is 17.7 Å². The minimum Gasteiger partial charge on any atom is -0.352 e. The van der Waals surface area contributed by atoms with Crippen molar-refractivity contribution >= 4 is 16.9 Å². The number of hydrogen-bond donors (Lipinski definition) is 1. The van der Waals surface area contributed by atoms with E-state index in [2.05, 4.69) is 20.4 Å². The van der Waals surface area contributed by atoms with Gasteiger partial charge in [-0.2, -0.15) is 5.10 Å². The van der Waals surface area contributed by atoms with E-state index in [1.807, 2.05) is 43.3 Å². The lowest BCUT2D eigenvalue weighted by atomic mass is 10.2. The zero-order valence-electron chi connectivity index (χ0n) is 15.9. The fourth-order valence-electron chi connectivity index (χ4n) is 2.99. The molecular weight excluding hydrogens is 368 g/mol. The van der Waals surface area contributed by atoms with Crippen LogP contribution in [0.4, 0.5) is 0 Å². The molecule has 0 unspecified atom stereocenters. The Labute approximate surface area is 166 Å². The molecule has 146 valence electrons. The molecule has 29 heavy (non-hydrogen) atoms. The Morgan fingerprint density at radius 3 is 2.62 bits per heavy atom. The summed E-state index contributed by atoms with van der Waals surface area (Å²) in [6, 6.07) is 11.5. The van der Waals surface area contributed by atoms with Crippen molar-refractivity contribution in [3.05, 3.63) is 82.8 Å². The molecule has 0 bridgehead atoms. The molecule has 0 fully saturated rings. The Balaban J connectivity index is 1.46. The van der Waals surface area contributed by atoms with Gasteiger partial charge in [0.05, 0.1) is 18.2 Å². The van der Waals surface area contributed by atoms with Gasteiger partial charge in [0, 0.05) is 31.9 Å². The molecule has 0 aliphatic rings. The second kappa shape index (κ2) is 8.05. The molecule has 0 saturated carbocycles. The molecule has 8 heteroatoms. The average Bonchev–Trinajstić information content (AvgIpc) is 3.18. The Kier molecular flexibility index (Phi) is 5.15. The molecule has 0 aliphatic heterocycles. The van der Waals surface area contributed by atoms with Gasteiger partial charge in [0.2, 0.25) is 5.91 Å². The third-order valence-electron chi connectivity index (χ3n) is 4.65. The zero-order valence-corrected chi connectivity index (χ0v) is 15.9. The fraction of sp³-hybridized carbons (Fsp3) is 0.190. The number of benzene rings is 1. The molecule has 0 atom stereocenters. The summed E-state index contributed by atoms with van der Waals surface area (Å²) in [7, 11) is 0. The van der Waals surface area contributed by atoms with E-state index in [1.54, 1.807) is 17.1 Å². The van der Waals surface area contributed by atoms with Crippen LogP contribution < -0.4 is 10.9 Å². The van der Waals surface area contributed by atoms with Gasteiger partial charge in [0.1, 0.15) is 5.39 Å². The van der Waals surface area contributed by atoms with Gasteiger partial charge < -0.3 is 5.32 Å². The van der Waals surface area contributed by atoms with Crippen LogP contribution in [0.2, 0.25) is 0 Å². The third kappa shape index (κ3) is 4.06. The highest BCUT2D eigenvalue weighted by Crippen LogP contribution is 2.14. The largest absolute Gasteiger partial charge is 0.352 e. The lowest BCUT2D eigenvalue weighted by Gasteiger charge is -2.08. The number of fused-ring (bicyclic) bond motifs is 1. The second-order valence-electron chi connectivity index (χ2n) is 6.75. The molecule has 0 saturated heterocycles. The molecule has 3 aromatic heterocycles. The van der Waals surface area contributed by atoms with Crippen LogP contribution >= 0.6 is 0 Å². The van der Waals surface area contributed by atoms with E-state index in [4.69, 9.17) is 0 Å². The number of aromatic nitrogens is 5. The van der Waals surface area contributed by atoms with Crippen LogP contribution in [0.25, 0.3) is 16.7 Å². The predicted octanol–water partition coefficient (Wildman–Crippen LogP) is 1.99. The standard InChI is InChI=1S/C21H20N6O2/c1-15-2-4-17(5-3-15)27-20-18(13-25-27)21(29)26(14-24-20)11-8-19(28)23-12-16-6-9-22-10-7-16/h2-7,9-10,13-14H,8,11-12H2,1H3,(H,23,28). The van der Waals surface area contributed by atoms with Crippen molar-refractivity contribution in [3.8, 4) is 5.69 Å². The summed E-state index contributed by atoms with van der Waals surface area (Å²) in [5.74, 6) is -0.135. The number of hydrogen-bond acceptors (Lipinski definition) is 5. The minimum atomic E-state index is -0.213. The van der Waals surface area contributed by atoms with Crippen molar-refractivity contribution in [1.82, 2.24) is 29.6 Å². The molecule has 4 aromatic rings. The van der Waals surface area contributed by atoms with Crippen LogP contribution in [0.5, 0.6) is 0 Å². The number of carbonyl (C=O) groups excluding carboxylic acids is 1. The van der Waals surface area contributed by atoms with Crippen LogP contribution in [0.3, 0.4) is 0 Å². The van der Waals surface area contributed by atoms with Gasteiger partial charge in [0.15, 0.2) is 5.65 Å². The van der Waals surface area contributed by atoms with Gasteiger partial charge >= 0.3 is 0 Å². The Morgan fingerprint density at radius 2 is 1.86 bits per heavy atom. The fourth-order valence-corrected chi connectivity index (χ4v) is 2.99. The molecule has 8 nitrogen and oxygen atoms in total. The second-order valence-corrected chi connectivity index (χ2v) is 6.75. The summed E-state index contributed by atoms with van der Waals surface area (Å²) in [5.41, 5.74) is 3.23. The predicted molar refractivity (Wildman–Crippen MR) is 109 cm³/mol. The Morgan fingerprint density at radius 1 is 1.10 bits per heavy atom. The summed E-state index contributed by atoms with van der Waals surface area (Å²) in [6.07, 6.45) is 6.53. The van der Waals surface area contributed by atoms with Crippen LogP contribution in [0.1, 0.15) is 17.5 Å². The first kappa shape index (κ1) is 18.5. The molecule has 0 spiro atoms. The summed E-state index contributed by atoms with van der Waals surface area (Å²) >= 11 is 0. The molecule has 0 radical (unpaired) electrons. The molecule has 1 aromatic carbocycles. The van der Waals surface area contributed by atoms with E-state index < -0.39 is 0 Å². The maximum absolute atomic E-state index is 12.8. The van der Waals surface area contributed by atoms with Crippen molar-refractivity contribution in [3.63, 3.8) is 0 Å². The van der Waals surface area contributed by atoms with Crippen molar-refractivity contribution in [2.45, 2.75) is 26.4 Å². The van der Waals surface area contributed by atoms with Crippen LogP contribution in [0.15, 0.2) is 66.1 Å². The number of pyridine rings is 1. The molecule has 3 heterocycles. The number of carbonyl (C=O) groups is 1. The van der Waals surface area contributed by atoms with E-state index in [0.29, 0.717) is 17.6 Å². The number of aryl methyl sites for hydroxylation is 2. The van der Waals surface area contributed by atoms with E-state index in [1.165, 1.54) is 17.1 Å². The summed E-state index contributed by atoms with van der Waals surface area (Å²) < 4.78 is 3.08. The number of amides is 1. The van der Waals surface area contributed by atoms with E-state index in [9.17, 15) is 9.59 Å². The first-order valence-corrected chi connectivity index (χ1v) is 9.27. The van der Waals surface area contributed by atoms with Crippen molar-refractivity contribution in [2.24, 2.45) is 0 Å². The van der Waals surface area contributed by atoms with Crippen molar-refractivity contribution < 1.29 is 4.79 Å². The smallest absolute Gasteiger partial charge is 0.264 e. The number of rotatable bonds is 6. The monoisotopic (exact) mass is 388 g/mol. The molecule has 1 N–H and O–H groups in total. The number of nitrogens with zero attached hydrogens (tertiary/aromatic N) is 5. The van der Waals surface area contributed by atoms with Gasteiger partial charge in [0.25, 0.3) is 5.56 Å². The van der Waals surface area contributed by atoms with Crippen LogP contribution in [0, 0.1) is 6.92 Å². The SMILES string of the molecule is Cc1ccc(-n2ncc3c(=O)n(CCC(=O)NCc4ccncc4)cnc32)cc1. The van der Waals surface area contributed by atoms with E-state index in [-0.39, 0.29) is 24.4 Å². The van der Waals surface area contributed by atoms with Gasteiger partial charge in [-0.05, 0) is 36.8 Å². The highest BCUT2D eigenvalue weighted by Gasteiger charge is 2.12. The minimum absolute atomic E-state index is 0.135. The maximum atomic E-state index is 12.8. The molecule has 1 amide bonds. The Hall–Kier alpha value is -3.81. The summed E-state index contributed by atoms with van der Waals surface area (Å²) in [5, 5.41) is 7.57. The Bertz CT molecular complexity index is 1200. The molecular formula is C21H20N6O2. The van der Waals surface area contributed by atoms with Gasteiger partial charge in [-0.15, -0.1) is 0 Å². The summed E-state index contributed by atoms with van der Waals surface area (Å²) in [4.78, 5) is 33.2. The highest BCUT2D eigenvalue weighted by atomic mass is 16.1. The average molecular weight is 388 g/mol. The first-order valence-electron chi connectivity index (χ1n) is 9.27. The van der Waals surface area contributed by atoms with Crippen LogP contribution in [-0.4, -0.2) is 30.2 Å². The highest BCUT2D eigenvalue weighted by molar-refractivity contribution is 5.76. The number of nitrogens with one attached hydrogen (secondary N) is 1. The van der Waals surface area contributed by atoms with E-state index >= 15 is 0 Å². The van der Waals surface area contributed by atoms with Crippen molar-refractivity contribution in [1.29, 1.82) is 0 Å². The first-order chi connectivity index (χ1) is 14.1. The van der Waals surface area contributed by atoms with Crippen LogP contribution in [-0.2, 0) is 17.9 Å². The van der Waals surface area contributed by atoms with Crippen molar-refractivity contribution in [2.75, 3.05) is 0 Å². The lowest BCUT2D eigenvalue weighted by Crippen LogP contribution is -2.27. The molecule has 0 aliphatic carbocycles. The summed E-state index contributed by atoms with van der Waals surface area (Å²) in [6.45, 7) is 2.69. The third-order valence-corrected chi connectivity index (χ3v) is 4.65. The normalized spacial score (nSPS) is 10.9. The van der Waals surface area contributed by atoms with Gasteiger partial charge in [-0.3, -0.25) is 19.1 Å². The molecule has 4 rings (SSSR count). The quantitative estimate of drug-likeness (QED) is 0.545. The zero-order chi connectivity index (χ0) is 20.2. The van der Waals surface area contributed by atoms with Gasteiger partial charge in [-0.25, -0.2) is 9.67 Å². The van der Waals surface area contributed by atoms with E-state index in [0.717, 1.165) is 16.8 Å². The maximum Gasteiger partial charge on any atom is 0.264 e.